The van der Waals surface area contributed by atoms with E-state index >= 15 is 0 Å². The Morgan fingerprint density at radius 1 is 1.60 bits per heavy atom. The zero-order valence-corrected chi connectivity index (χ0v) is 9.13. The first-order valence-corrected chi connectivity index (χ1v) is 5.54. The highest BCUT2D eigenvalue weighted by molar-refractivity contribution is 5.03. The molecule has 2 heterocycles. The maximum atomic E-state index is 5.76. The summed E-state index contributed by atoms with van der Waals surface area (Å²) in [5, 5.41) is 0. The minimum absolute atomic E-state index is 0.328. The van der Waals surface area contributed by atoms with Gasteiger partial charge in [-0.1, -0.05) is 0 Å². The Hall–Kier alpha value is -1.00. The number of nitrogens with two attached hydrogens (primary N) is 1. The number of rotatable bonds is 3. The van der Waals surface area contributed by atoms with Crippen LogP contribution in [-0.4, -0.2) is 34.0 Å². The maximum absolute atomic E-state index is 5.76. The summed E-state index contributed by atoms with van der Waals surface area (Å²) in [7, 11) is 0. The Balaban J connectivity index is 2.10. The molecule has 2 atom stereocenters. The van der Waals surface area contributed by atoms with Gasteiger partial charge in [-0.05, 0) is 26.3 Å². The van der Waals surface area contributed by atoms with E-state index in [-0.39, 0.29) is 0 Å². The van der Waals surface area contributed by atoms with Gasteiger partial charge < -0.3 is 5.73 Å². The molecule has 15 heavy (non-hydrogen) atoms. The summed E-state index contributed by atoms with van der Waals surface area (Å²) in [4.78, 5) is 10.9. The summed E-state index contributed by atoms with van der Waals surface area (Å²) in [5.74, 6) is 0. The van der Waals surface area contributed by atoms with E-state index in [1.54, 1.807) is 12.4 Å². The molecule has 0 aromatic carbocycles. The molecule has 2 rings (SSSR count). The summed E-state index contributed by atoms with van der Waals surface area (Å²) in [6.45, 7) is 4.04. The van der Waals surface area contributed by atoms with Gasteiger partial charge in [0.25, 0.3) is 0 Å². The molecule has 1 saturated heterocycles. The summed E-state index contributed by atoms with van der Waals surface area (Å²) >= 11 is 0. The van der Waals surface area contributed by atoms with Crippen molar-refractivity contribution in [1.82, 2.24) is 14.9 Å². The number of hydrogen-bond acceptors (Lipinski definition) is 4. The monoisotopic (exact) mass is 206 g/mol. The lowest BCUT2D eigenvalue weighted by atomic mass is 10.1. The van der Waals surface area contributed by atoms with Crippen LogP contribution in [0.5, 0.6) is 0 Å². The molecule has 0 amide bonds. The molecule has 1 aromatic rings. The predicted molar refractivity (Wildman–Crippen MR) is 59.2 cm³/mol. The summed E-state index contributed by atoms with van der Waals surface area (Å²) in [5.41, 5.74) is 6.80. The molecule has 0 bridgehead atoms. The molecule has 1 aromatic heterocycles. The third kappa shape index (κ3) is 2.16. The van der Waals surface area contributed by atoms with Gasteiger partial charge in [-0.2, -0.15) is 0 Å². The van der Waals surface area contributed by atoms with Crippen LogP contribution in [-0.2, 0) is 0 Å². The molecule has 2 N–H and O–H groups in total. The predicted octanol–water partition coefficient (Wildman–Crippen LogP) is 0.961. The van der Waals surface area contributed by atoms with E-state index in [4.69, 9.17) is 5.73 Å². The first kappa shape index (κ1) is 10.5. The van der Waals surface area contributed by atoms with Crippen LogP contribution < -0.4 is 5.73 Å². The Morgan fingerprint density at radius 2 is 2.47 bits per heavy atom. The summed E-state index contributed by atoms with van der Waals surface area (Å²) in [6, 6.07) is 0.844. The fourth-order valence-electron chi connectivity index (χ4n) is 2.32. The van der Waals surface area contributed by atoms with Gasteiger partial charge in [0.1, 0.15) is 0 Å². The number of nitrogens with zero attached hydrogens (tertiary/aromatic N) is 3. The number of likely N-dealkylation sites (tertiary alicyclic amines) is 1. The summed E-state index contributed by atoms with van der Waals surface area (Å²) in [6.07, 6.45) is 7.75. The zero-order valence-electron chi connectivity index (χ0n) is 9.13. The van der Waals surface area contributed by atoms with E-state index in [1.165, 1.54) is 12.8 Å². The lowest BCUT2D eigenvalue weighted by molar-refractivity contribution is 0.193. The van der Waals surface area contributed by atoms with E-state index in [2.05, 4.69) is 21.8 Å². The normalized spacial score (nSPS) is 24.3. The van der Waals surface area contributed by atoms with Crippen LogP contribution in [0.3, 0.4) is 0 Å². The van der Waals surface area contributed by atoms with Crippen molar-refractivity contribution in [3.05, 3.63) is 24.3 Å². The standard InChI is InChI=1S/C11H18N4/c1-9(11-8-13-4-5-14-11)15-6-2-3-10(15)7-12/h4-5,8-10H,2-3,6-7,12H2,1H3. The Labute approximate surface area is 90.5 Å². The maximum Gasteiger partial charge on any atom is 0.0755 e. The molecule has 1 aliphatic heterocycles. The van der Waals surface area contributed by atoms with Gasteiger partial charge in [-0.25, -0.2) is 0 Å². The molecular formula is C11H18N4. The quantitative estimate of drug-likeness (QED) is 0.800. The van der Waals surface area contributed by atoms with Crippen molar-refractivity contribution in [2.75, 3.05) is 13.1 Å². The van der Waals surface area contributed by atoms with Crippen LogP contribution in [0, 0.1) is 0 Å². The highest BCUT2D eigenvalue weighted by Crippen LogP contribution is 2.26. The first-order chi connectivity index (χ1) is 7.33. The molecule has 4 nitrogen and oxygen atoms in total. The topological polar surface area (TPSA) is 55.0 Å². The SMILES string of the molecule is CC(c1cnccn1)N1CCCC1CN. The van der Waals surface area contributed by atoms with Crippen LogP contribution in [0.2, 0.25) is 0 Å². The van der Waals surface area contributed by atoms with Crippen LogP contribution >= 0.6 is 0 Å². The van der Waals surface area contributed by atoms with E-state index in [0.29, 0.717) is 12.1 Å². The van der Waals surface area contributed by atoms with Crippen molar-refractivity contribution in [3.63, 3.8) is 0 Å². The highest BCUT2D eigenvalue weighted by atomic mass is 15.2. The molecular weight excluding hydrogens is 188 g/mol. The molecule has 0 saturated carbocycles. The second kappa shape index (κ2) is 4.68. The van der Waals surface area contributed by atoms with Gasteiger partial charge in [-0.3, -0.25) is 14.9 Å². The third-order valence-corrected chi connectivity index (χ3v) is 3.20. The second-order valence-corrected chi connectivity index (χ2v) is 4.08. The van der Waals surface area contributed by atoms with Gasteiger partial charge in [0.15, 0.2) is 0 Å². The van der Waals surface area contributed by atoms with Crippen LogP contribution in [0.1, 0.15) is 31.5 Å². The first-order valence-electron chi connectivity index (χ1n) is 5.54. The van der Waals surface area contributed by atoms with Crippen molar-refractivity contribution in [1.29, 1.82) is 0 Å². The van der Waals surface area contributed by atoms with Crippen LogP contribution in [0.4, 0.5) is 0 Å². The lowest BCUT2D eigenvalue weighted by Gasteiger charge is -2.29. The molecule has 1 aliphatic rings. The molecule has 82 valence electrons. The van der Waals surface area contributed by atoms with Crippen LogP contribution in [0.25, 0.3) is 0 Å². The molecule has 0 radical (unpaired) electrons. The summed E-state index contributed by atoms with van der Waals surface area (Å²) < 4.78 is 0. The third-order valence-electron chi connectivity index (χ3n) is 3.20. The van der Waals surface area contributed by atoms with Crippen molar-refractivity contribution in [2.24, 2.45) is 5.73 Å². The molecule has 0 aliphatic carbocycles. The Morgan fingerprint density at radius 3 is 3.13 bits per heavy atom. The largest absolute Gasteiger partial charge is 0.329 e. The van der Waals surface area contributed by atoms with Gasteiger partial charge in [0.2, 0.25) is 0 Å². The average Bonchev–Trinajstić information content (AvgIpc) is 2.77. The smallest absolute Gasteiger partial charge is 0.0755 e. The van der Waals surface area contributed by atoms with Crippen molar-refractivity contribution < 1.29 is 0 Å². The van der Waals surface area contributed by atoms with Crippen molar-refractivity contribution >= 4 is 0 Å². The Kier molecular flexibility index (Phi) is 3.28. The highest BCUT2D eigenvalue weighted by Gasteiger charge is 2.28. The fourth-order valence-corrected chi connectivity index (χ4v) is 2.32. The van der Waals surface area contributed by atoms with E-state index < -0.39 is 0 Å². The van der Waals surface area contributed by atoms with Gasteiger partial charge in [0, 0.05) is 31.2 Å². The number of aromatic nitrogens is 2. The van der Waals surface area contributed by atoms with Gasteiger partial charge >= 0.3 is 0 Å². The van der Waals surface area contributed by atoms with E-state index in [9.17, 15) is 0 Å². The van der Waals surface area contributed by atoms with Gasteiger partial charge in [0.05, 0.1) is 11.7 Å². The molecule has 4 heteroatoms. The minimum atomic E-state index is 0.328. The fraction of sp³-hybridized carbons (Fsp3) is 0.636. The number of hydrogen-bond donors (Lipinski definition) is 1. The van der Waals surface area contributed by atoms with Crippen LogP contribution in [0.15, 0.2) is 18.6 Å². The van der Waals surface area contributed by atoms with E-state index in [0.717, 1.165) is 18.8 Å². The van der Waals surface area contributed by atoms with E-state index in [1.807, 2.05) is 6.20 Å². The lowest BCUT2D eigenvalue weighted by Crippen LogP contribution is -2.37. The molecule has 2 unspecified atom stereocenters. The molecule has 0 spiro atoms. The zero-order chi connectivity index (χ0) is 10.7. The van der Waals surface area contributed by atoms with Crippen molar-refractivity contribution in [3.8, 4) is 0 Å². The minimum Gasteiger partial charge on any atom is -0.329 e. The Bertz CT molecular complexity index is 301. The van der Waals surface area contributed by atoms with Crippen molar-refractivity contribution in [2.45, 2.75) is 31.8 Å². The van der Waals surface area contributed by atoms with Gasteiger partial charge in [-0.15, -0.1) is 0 Å². The molecule has 1 fully saturated rings. The second-order valence-electron chi connectivity index (χ2n) is 4.08. The average molecular weight is 206 g/mol.